The predicted molar refractivity (Wildman–Crippen MR) is 92.8 cm³/mol. The smallest absolute Gasteiger partial charge is 0.261 e. The van der Waals surface area contributed by atoms with Crippen LogP contribution in [0.5, 0.6) is 5.75 Å². The number of nitrogens with zero attached hydrogens (tertiary/aromatic N) is 1. The molecule has 0 bridgehead atoms. The van der Waals surface area contributed by atoms with Gasteiger partial charge in [-0.2, -0.15) is 0 Å². The maximum atomic E-state index is 12.5. The average molecular weight is 344 g/mol. The first kappa shape index (κ1) is 16.5. The number of carbonyl (C=O) groups excluding carboxylic acids is 2. The Bertz CT molecular complexity index is 773. The fourth-order valence-corrected chi connectivity index (χ4v) is 3.34. The largest absolute Gasteiger partial charge is 0.491 e. The fourth-order valence-electron chi connectivity index (χ4n) is 3.01. The van der Waals surface area contributed by atoms with Gasteiger partial charge in [0.1, 0.15) is 12.4 Å². The van der Waals surface area contributed by atoms with Crippen LogP contribution in [0.4, 0.5) is 0 Å². The standard InChI is InChI=1S/C19H18ClNO3/c1-11-8-14(20)9-12(2)17(11)24-10-13(3)21-18(22)15-6-4-5-7-16(15)19(21)23/h4-9,13H,10H2,1-3H3/t13-/m0/s1. The van der Waals surface area contributed by atoms with Gasteiger partial charge >= 0.3 is 0 Å². The Morgan fingerprint density at radius 3 is 2.04 bits per heavy atom. The van der Waals surface area contributed by atoms with Gasteiger partial charge in [-0.3, -0.25) is 14.5 Å². The second-order valence-electron chi connectivity index (χ2n) is 6.05. The highest BCUT2D eigenvalue weighted by Gasteiger charge is 2.38. The van der Waals surface area contributed by atoms with Gasteiger partial charge in [-0.15, -0.1) is 0 Å². The minimum Gasteiger partial charge on any atom is -0.491 e. The second kappa shape index (κ2) is 6.29. The Morgan fingerprint density at radius 2 is 1.54 bits per heavy atom. The van der Waals surface area contributed by atoms with E-state index in [-0.39, 0.29) is 24.5 Å². The predicted octanol–water partition coefficient (Wildman–Crippen LogP) is 4.02. The van der Waals surface area contributed by atoms with Gasteiger partial charge in [0.2, 0.25) is 0 Å². The molecule has 5 heteroatoms. The van der Waals surface area contributed by atoms with Crippen molar-refractivity contribution >= 4 is 23.4 Å². The first-order chi connectivity index (χ1) is 11.4. The summed E-state index contributed by atoms with van der Waals surface area (Å²) in [5, 5.41) is 0.658. The van der Waals surface area contributed by atoms with E-state index in [1.165, 1.54) is 4.90 Å². The van der Waals surface area contributed by atoms with Crippen LogP contribution in [0.2, 0.25) is 5.02 Å². The Morgan fingerprint density at radius 1 is 1.04 bits per heavy atom. The van der Waals surface area contributed by atoms with Gasteiger partial charge in [-0.1, -0.05) is 23.7 Å². The molecular weight excluding hydrogens is 326 g/mol. The molecule has 0 unspecified atom stereocenters. The number of rotatable bonds is 4. The molecule has 1 heterocycles. The molecule has 3 rings (SSSR count). The number of aryl methyl sites for hydroxylation is 2. The molecule has 0 saturated heterocycles. The van der Waals surface area contributed by atoms with Crippen LogP contribution in [0.3, 0.4) is 0 Å². The average Bonchev–Trinajstić information content (AvgIpc) is 2.78. The molecule has 124 valence electrons. The van der Waals surface area contributed by atoms with Crippen molar-refractivity contribution in [2.45, 2.75) is 26.8 Å². The van der Waals surface area contributed by atoms with Gasteiger partial charge < -0.3 is 4.74 Å². The summed E-state index contributed by atoms with van der Waals surface area (Å²) in [7, 11) is 0. The van der Waals surface area contributed by atoms with Crippen LogP contribution in [0.25, 0.3) is 0 Å². The molecule has 0 aromatic heterocycles. The van der Waals surface area contributed by atoms with Crippen LogP contribution in [0.15, 0.2) is 36.4 Å². The molecule has 1 aliphatic rings. The van der Waals surface area contributed by atoms with Crippen LogP contribution in [-0.4, -0.2) is 29.4 Å². The van der Waals surface area contributed by atoms with Crippen molar-refractivity contribution in [2.24, 2.45) is 0 Å². The highest BCUT2D eigenvalue weighted by atomic mass is 35.5. The quantitative estimate of drug-likeness (QED) is 0.788. The van der Waals surface area contributed by atoms with Crippen molar-refractivity contribution in [3.8, 4) is 5.75 Å². The van der Waals surface area contributed by atoms with Gasteiger partial charge in [0.05, 0.1) is 17.2 Å². The third kappa shape index (κ3) is 2.78. The van der Waals surface area contributed by atoms with Gasteiger partial charge in [-0.05, 0) is 56.2 Å². The van der Waals surface area contributed by atoms with E-state index in [0.29, 0.717) is 16.1 Å². The van der Waals surface area contributed by atoms with E-state index in [4.69, 9.17) is 16.3 Å². The van der Waals surface area contributed by atoms with Gasteiger partial charge in [0.25, 0.3) is 11.8 Å². The van der Waals surface area contributed by atoms with Crippen LogP contribution in [0, 0.1) is 13.8 Å². The maximum Gasteiger partial charge on any atom is 0.261 e. The lowest BCUT2D eigenvalue weighted by Crippen LogP contribution is -2.41. The summed E-state index contributed by atoms with van der Waals surface area (Å²) in [5.41, 5.74) is 2.76. The number of ether oxygens (including phenoxy) is 1. The fraction of sp³-hybridized carbons (Fsp3) is 0.263. The number of imide groups is 1. The van der Waals surface area contributed by atoms with Crippen molar-refractivity contribution in [2.75, 3.05) is 6.61 Å². The molecule has 4 nitrogen and oxygen atoms in total. The number of benzene rings is 2. The molecule has 0 N–H and O–H groups in total. The lowest BCUT2D eigenvalue weighted by molar-refractivity contribution is 0.0550. The van der Waals surface area contributed by atoms with E-state index in [1.807, 2.05) is 32.9 Å². The van der Waals surface area contributed by atoms with Crippen LogP contribution < -0.4 is 4.74 Å². The SMILES string of the molecule is Cc1cc(Cl)cc(C)c1OC[C@H](C)N1C(=O)c2ccccc2C1=O. The molecule has 2 aromatic carbocycles. The van der Waals surface area contributed by atoms with E-state index in [2.05, 4.69) is 0 Å². The second-order valence-corrected chi connectivity index (χ2v) is 6.49. The lowest BCUT2D eigenvalue weighted by atomic mass is 10.1. The molecule has 24 heavy (non-hydrogen) atoms. The van der Waals surface area contributed by atoms with E-state index >= 15 is 0 Å². The monoisotopic (exact) mass is 343 g/mol. The minimum absolute atomic E-state index is 0.231. The highest BCUT2D eigenvalue weighted by molar-refractivity contribution is 6.30. The van der Waals surface area contributed by atoms with Gasteiger partial charge in [0, 0.05) is 5.02 Å². The molecule has 1 atom stereocenters. The Hall–Kier alpha value is -2.33. The molecule has 0 fully saturated rings. The van der Waals surface area contributed by atoms with E-state index < -0.39 is 0 Å². The molecule has 1 aliphatic heterocycles. The molecule has 0 aliphatic carbocycles. The third-order valence-corrected chi connectivity index (χ3v) is 4.38. The van der Waals surface area contributed by atoms with E-state index in [9.17, 15) is 9.59 Å². The maximum absolute atomic E-state index is 12.5. The van der Waals surface area contributed by atoms with Crippen LogP contribution in [-0.2, 0) is 0 Å². The van der Waals surface area contributed by atoms with E-state index in [1.54, 1.807) is 24.3 Å². The van der Waals surface area contributed by atoms with Gasteiger partial charge in [-0.25, -0.2) is 0 Å². The summed E-state index contributed by atoms with van der Waals surface area (Å²) in [4.78, 5) is 26.2. The lowest BCUT2D eigenvalue weighted by Gasteiger charge is -2.23. The van der Waals surface area contributed by atoms with Gasteiger partial charge in [0.15, 0.2) is 0 Å². The number of hydrogen-bond acceptors (Lipinski definition) is 3. The third-order valence-electron chi connectivity index (χ3n) is 4.16. The summed E-state index contributed by atoms with van der Waals surface area (Å²) in [5.74, 6) is 0.204. The summed E-state index contributed by atoms with van der Waals surface area (Å²) in [6.45, 7) is 5.87. The van der Waals surface area contributed by atoms with Crippen molar-refractivity contribution < 1.29 is 14.3 Å². The first-order valence-corrected chi connectivity index (χ1v) is 8.14. The van der Waals surface area contributed by atoms with Crippen LogP contribution in [0.1, 0.15) is 38.8 Å². The molecule has 0 saturated carbocycles. The van der Waals surface area contributed by atoms with Crippen molar-refractivity contribution in [1.29, 1.82) is 0 Å². The number of hydrogen-bond donors (Lipinski definition) is 0. The summed E-state index contributed by atoms with van der Waals surface area (Å²) >= 11 is 6.03. The van der Waals surface area contributed by atoms with Crippen molar-refractivity contribution in [1.82, 2.24) is 4.90 Å². The molecular formula is C19H18ClNO3. The molecule has 2 aromatic rings. The topological polar surface area (TPSA) is 46.6 Å². The molecule has 0 spiro atoms. The first-order valence-electron chi connectivity index (χ1n) is 7.76. The highest BCUT2D eigenvalue weighted by Crippen LogP contribution is 2.28. The summed E-state index contributed by atoms with van der Waals surface area (Å²) in [6.07, 6.45) is 0. The summed E-state index contributed by atoms with van der Waals surface area (Å²) < 4.78 is 5.89. The molecule has 0 radical (unpaired) electrons. The molecule has 2 amide bonds. The normalized spacial score (nSPS) is 14.8. The van der Waals surface area contributed by atoms with E-state index in [0.717, 1.165) is 16.9 Å². The zero-order valence-corrected chi connectivity index (χ0v) is 14.6. The number of fused-ring (bicyclic) bond motifs is 1. The zero-order chi connectivity index (χ0) is 17.4. The Balaban J connectivity index is 1.76. The number of halogens is 1. The summed E-state index contributed by atoms with van der Waals surface area (Å²) in [6, 6.07) is 10.2. The Labute approximate surface area is 146 Å². The number of amides is 2. The zero-order valence-electron chi connectivity index (χ0n) is 13.8. The van der Waals surface area contributed by atoms with Crippen molar-refractivity contribution in [3.05, 3.63) is 63.7 Å². The minimum atomic E-state index is -0.369. The van der Waals surface area contributed by atoms with Crippen molar-refractivity contribution in [3.63, 3.8) is 0 Å². The Kier molecular flexibility index (Phi) is 4.33. The number of carbonyl (C=O) groups is 2. The van der Waals surface area contributed by atoms with Crippen LogP contribution >= 0.6 is 11.6 Å².